The Morgan fingerprint density at radius 2 is 1.67 bits per heavy atom. The van der Waals surface area contributed by atoms with Crippen LogP contribution in [0.4, 0.5) is 11.5 Å². The topological polar surface area (TPSA) is 78.4 Å². The van der Waals surface area contributed by atoms with Crippen LogP contribution in [0.15, 0.2) is 65.6 Å². The summed E-state index contributed by atoms with van der Waals surface area (Å²) in [6.07, 6.45) is 0. The molecule has 30 heavy (non-hydrogen) atoms. The fourth-order valence-corrected chi connectivity index (χ4v) is 4.43. The lowest BCUT2D eigenvalue weighted by atomic mass is 10.1. The molecule has 3 aromatic rings. The monoisotopic (exact) mass is 443 g/mol. The van der Waals surface area contributed by atoms with Gasteiger partial charge in [-0.05, 0) is 55.6 Å². The molecule has 1 saturated heterocycles. The summed E-state index contributed by atoms with van der Waals surface area (Å²) in [5, 5.41) is 9.20. The van der Waals surface area contributed by atoms with E-state index in [0.717, 1.165) is 37.6 Å². The van der Waals surface area contributed by atoms with Gasteiger partial charge in [0.1, 0.15) is 0 Å². The van der Waals surface area contributed by atoms with Gasteiger partial charge in [0.25, 0.3) is 10.0 Å². The first kappa shape index (κ1) is 20.6. The van der Waals surface area contributed by atoms with Crippen LogP contribution in [0, 0.1) is 0 Å². The van der Waals surface area contributed by atoms with E-state index in [-0.39, 0.29) is 4.90 Å². The number of hydrogen-bond donors (Lipinski definition) is 1. The summed E-state index contributed by atoms with van der Waals surface area (Å²) in [4.78, 5) is 4.65. The summed E-state index contributed by atoms with van der Waals surface area (Å²) in [6.45, 7) is 3.84. The van der Waals surface area contributed by atoms with Crippen LogP contribution >= 0.6 is 11.6 Å². The van der Waals surface area contributed by atoms with Crippen LogP contribution < -0.4 is 9.62 Å². The average Bonchev–Trinajstić information content (AvgIpc) is 2.75. The molecule has 0 amide bonds. The number of nitrogens with one attached hydrogen (secondary N) is 1. The van der Waals surface area contributed by atoms with Gasteiger partial charge in [-0.1, -0.05) is 23.7 Å². The SMILES string of the molecule is CN1CCN(c2ccc(-c3cccc(NS(=O)(=O)c4ccc(Cl)cc4)c3)nn2)CC1. The number of nitrogens with zero attached hydrogens (tertiary/aromatic N) is 4. The van der Waals surface area contributed by atoms with Crippen molar-refractivity contribution in [1.82, 2.24) is 15.1 Å². The van der Waals surface area contributed by atoms with E-state index in [9.17, 15) is 8.42 Å². The zero-order valence-corrected chi connectivity index (χ0v) is 18.1. The van der Waals surface area contributed by atoms with Crippen LogP contribution in [0.2, 0.25) is 5.02 Å². The molecule has 2 aromatic carbocycles. The summed E-state index contributed by atoms with van der Waals surface area (Å²) >= 11 is 5.84. The van der Waals surface area contributed by atoms with Crippen LogP contribution in [0.5, 0.6) is 0 Å². The maximum absolute atomic E-state index is 12.6. The number of aromatic nitrogens is 2. The molecule has 4 rings (SSSR count). The lowest BCUT2D eigenvalue weighted by Gasteiger charge is -2.32. The quantitative estimate of drug-likeness (QED) is 0.651. The smallest absolute Gasteiger partial charge is 0.261 e. The van der Waals surface area contributed by atoms with Gasteiger partial charge in [0.05, 0.1) is 10.6 Å². The highest BCUT2D eigenvalue weighted by Gasteiger charge is 2.17. The highest BCUT2D eigenvalue weighted by atomic mass is 35.5. The molecule has 1 aliphatic rings. The highest BCUT2D eigenvalue weighted by molar-refractivity contribution is 7.92. The van der Waals surface area contributed by atoms with Crippen molar-refractivity contribution in [1.29, 1.82) is 0 Å². The average molecular weight is 444 g/mol. The maximum atomic E-state index is 12.6. The molecule has 0 saturated carbocycles. The Kier molecular flexibility index (Phi) is 5.90. The normalized spacial score (nSPS) is 15.2. The molecular formula is C21H22ClN5O2S. The number of piperazine rings is 1. The first-order valence-corrected chi connectivity index (χ1v) is 11.4. The Hall–Kier alpha value is -2.68. The van der Waals surface area contributed by atoms with Crippen molar-refractivity contribution < 1.29 is 8.42 Å². The zero-order valence-electron chi connectivity index (χ0n) is 16.5. The fourth-order valence-electron chi connectivity index (χ4n) is 3.25. The minimum Gasteiger partial charge on any atom is -0.353 e. The molecule has 0 spiro atoms. The summed E-state index contributed by atoms with van der Waals surface area (Å²) in [5.74, 6) is 0.853. The van der Waals surface area contributed by atoms with Gasteiger partial charge < -0.3 is 9.80 Å². The molecule has 9 heteroatoms. The highest BCUT2D eigenvalue weighted by Crippen LogP contribution is 2.24. The predicted octanol–water partition coefficient (Wildman–Crippen LogP) is 3.35. The van der Waals surface area contributed by atoms with E-state index < -0.39 is 10.0 Å². The second-order valence-corrected chi connectivity index (χ2v) is 9.33. The molecular weight excluding hydrogens is 422 g/mol. The van der Waals surface area contributed by atoms with E-state index in [1.807, 2.05) is 18.2 Å². The van der Waals surface area contributed by atoms with Gasteiger partial charge in [0.15, 0.2) is 5.82 Å². The van der Waals surface area contributed by atoms with Gasteiger partial charge >= 0.3 is 0 Å². The molecule has 1 aliphatic heterocycles. The van der Waals surface area contributed by atoms with Crippen LogP contribution in [0.1, 0.15) is 0 Å². The molecule has 0 unspecified atom stereocenters. The van der Waals surface area contributed by atoms with Crippen molar-refractivity contribution in [2.45, 2.75) is 4.90 Å². The van der Waals surface area contributed by atoms with Crippen LogP contribution in [0.25, 0.3) is 11.3 Å². The first-order valence-electron chi connectivity index (χ1n) is 9.57. The molecule has 1 aromatic heterocycles. The van der Waals surface area contributed by atoms with Gasteiger partial charge in [-0.3, -0.25) is 4.72 Å². The zero-order chi connectivity index (χ0) is 21.1. The number of likely N-dealkylation sites (N-methyl/N-ethyl adjacent to an activating group) is 1. The second-order valence-electron chi connectivity index (χ2n) is 7.21. The molecule has 0 aliphatic carbocycles. The van der Waals surface area contributed by atoms with Crippen LogP contribution in [-0.2, 0) is 10.0 Å². The number of rotatable bonds is 5. The molecule has 1 N–H and O–H groups in total. The Morgan fingerprint density at radius 3 is 2.33 bits per heavy atom. The number of halogens is 1. The van der Waals surface area contributed by atoms with Gasteiger partial charge in [-0.15, -0.1) is 10.2 Å². The fraction of sp³-hybridized carbons (Fsp3) is 0.238. The molecule has 1 fully saturated rings. The largest absolute Gasteiger partial charge is 0.353 e. The lowest BCUT2D eigenvalue weighted by molar-refractivity contribution is 0.312. The van der Waals surface area contributed by atoms with Crippen molar-refractivity contribution in [3.63, 3.8) is 0 Å². The number of hydrogen-bond acceptors (Lipinski definition) is 6. The van der Waals surface area contributed by atoms with Gasteiger partial charge in [0, 0.05) is 42.5 Å². The van der Waals surface area contributed by atoms with E-state index in [4.69, 9.17) is 11.6 Å². The number of sulfonamides is 1. The minimum absolute atomic E-state index is 0.147. The van der Waals surface area contributed by atoms with Crippen molar-refractivity contribution in [2.75, 3.05) is 42.8 Å². The van der Waals surface area contributed by atoms with Crippen molar-refractivity contribution in [3.8, 4) is 11.3 Å². The van der Waals surface area contributed by atoms with Crippen LogP contribution in [0.3, 0.4) is 0 Å². The summed E-state index contributed by atoms with van der Waals surface area (Å²) < 4.78 is 27.8. The Morgan fingerprint density at radius 1 is 0.933 bits per heavy atom. The molecule has 2 heterocycles. The molecule has 7 nitrogen and oxygen atoms in total. The van der Waals surface area contributed by atoms with E-state index in [2.05, 4.69) is 31.8 Å². The van der Waals surface area contributed by atoms with E-state index in [0.29, 0.717) is 16.4 Å². The lowest BCUT2D eigenvalue weighted by Crippen LogP contribution is -2.44. The first-order chi connectivity index (χ1) is 14.4. The maximum Gasteiger partial charge on any atom is 0.261 e. The molecule has 156 valence electrons. The Labute approximate surface area is 181 Å². The van der Waals surface area contributed by atoms with Gasteiger partial charge in [0.2, 0.25) is 0 Å². The molecule has 0 bridgehead atoms. The third-order valence-electron chi connectivity index (χ3n) is 5.01. The number of benzene rings is 2. The standard InChI is InChI=1S/C21H22ClN5O2S/c1-26-11-13-27(14-12-26)21-10-9-20(23-24-21)16-3-2-4-18(15-16)25-30(28,29)19-7-5-17(22)6-8-19/h2-10,15,25H,11-14H2,1H3. The summed E-state index contributed by atoms with van der Waals surface area (Å²) in [7, 11) is -1.60. The third kappa shape index (κ3) is 4.72. The second kappa shape index (κ2) is 8.59. The summed E-state index contributed by atoms with van der Waals surface area (Å²) in [6, 6.07) is 17.0. The number of anilines is 2. The molecule has 0 atom stereocenters. The minimum atomic E-state index is -3.71. The van der Waals surface area contributed by atoms with Crippen molar-refractivity contribution in [2.24, 2.45) is 0 Å². The molecule has 0 radical (unpaired) electrons. The van der Waals surface area contributed by atoms with Crippen molar-refractivity contribution >= 4 is 33.1 Å². The summed E-state index contributed by atoms with van der Waals surface area (Å²) in [5.41, 5.74) is 1.91. The van der Waals surface area contributed by atoms with E-state index >= 15 is 0 Å². The van der Waals surface area contributed by atoms with Gasteiger partial charge in [-0.2, -0.15) is 0 Å². The predicted molar refractivity (Wildman–Crippen MR) is 119 cm³/mol. The Balaban J connectivity index is 1.51. The van der Waals surface area contributed by atoms with Crippen molar-refractivity contribution in [3.05, 3.63) is 65.7 Å². The third-order valence-corrected chi connectivity index (χ3v) is 6.66. The van der Waals surface area contributed by atoms with Gasteiger partial charge in [-0.25, -0.2) is 8.42 Å². The van der Waals surface area contributed by atoms with Crippen LogP contribution in [-0.4, -0.2) is 56.7 Å². The Bertz CT molecular complexity index is 1110. The van der Waals surface area contributed by atoms with E-state index in [1.165, 1.54) is 12.1 Å². The van der Waals surface area contributed by atoms with E-state index in [1.54, 1.807) is 30.3 Å².